The van der Waals surface area contributed by atoms with Crippen LogP contribution in [0.3, 0.4) is 0 Å². The molecule has 0 amide bonds. The molecule has 31 heavy (non-hydrogen) atoms. The number of nitrogens with zero attached hydrogens (tertiary/aromatic N) is 3. The molecule has 1 heterocycles. The lowest BCUT2D eigenvalue weighted by Crippen LogP contribution is -2.12. The average molecular weight is 420 g/mol. The van der Waals surface area contributed by atoms with E-state index in [4.69, 9.17) is 5.41 Å². The minimum absolute atomic E-state index is 0.0157. The number of ketones is 1. The molecule has 5 nitrogen and oxygen atoms in total. The van der Waals surface area contributed by atoms with Crippen LogP contribution in [0.2, 0.25) is 0 Å². The summed E-state index contributed by atoms with van der Waals surface area (Å²) in [4.78, 5) is 21.2. The Kier molecular flexibility index (Phi) is 6.42. The zero-order chi connectivity index (χ0) is 22.7. The molecule has 1 aliphatic carbocycles. The maximum atomic E-state index is 14.5. The van der Waals surface area contributed by atoms with Gasteiger partial charge in [0.15, 0.2) is 17.4 Å². The van der Waals surface area contributed by atoms with E-state index in [2.05, 4.69) is 16.8 Å². The highest BCUT2D eigenvalue weighted by molar-refractivity contribution is 6.46. The number of aromatic nitrogens is 1. The van der Waals surface area contributed by atoms with Gasteiger partial charge in [0.05, 0.1) is 18.0 Å². The van der Waals surface area contributed by atoms with E-state index in [9.17, 15) is 13.6 Å². The Hall–Kier alpha value is -3.63. The lowest BCUT2D eigenvalue weighted by atomic mass is 9.94. The molecule has 0 spiro atoms. The van der Waals surface area contributed by atoms with Gasteiger partial charge in [-0.05, 0) is 32.3 Å². The average Bonchev–Trinajstić information content (AvgIpc) is 3.03. The summed E-state index contributed by atoms with van der Waals surface area (Å²) in [6, 6.07) is 5.41. The fourth-order valence-electron chi connectivity index (χ4n) is 3.10. The van der Waals surface area contributed by atoms with E-state index in [0.717, 1.165) is 6.07 Å². The molecule has 0 bridgehead atoms. The van der Waals surface area contributed by atoms with Gasteiger partial charge < -0.3 is 4.90 Å². The van der Waals surface area contributed by atoms with Crippen LogP contribution in [-0.2, 0) is 4.79 Å². The van der Waals surface area contributed by atoms with Crippen molar-refractivity contribution in [3.8, 4) is 11.8 Å². The summed E-state index contributed by atoms with van der Waals surface area (Å²) in [7, 11) is 7.17. The molecular weight excluding hydrogens is 398 g/mol. The molecule has 0 unspecified atom stereocenters. The number of fused-ring (bicyclic) bond motifs is 1. The molecule has 0 radical (unpaired) electrons. The van der Waals surface area contributed by atoms with Crippen LogP contribution >= 0.6 is 0 Å². The number of carbonyl (C=O) groups is 1. The number of carbonyl (C=O) groups excluding carboxylic acids is 1. The normalized spacial score (nSPS) is 12.9. The monoisotopic (exact) mass is 420 g/mol. The van der Waals surface area contributed by atoms with Crippen molar-refractivity contribution >= 4 is 22.6 Å². The van der Waals surface area contributed by atoms with Gasteiger partial charge in [0.1, 0.15) is 0 Å². The number of hydrogen-bond acceptors (Lipinski definition) is 5. The van der Waals surface area contributed by atoms with Gasteiger partial charge in [-0.3, -0.25) is 20.1 Å². The number of Topliss-reactive ketones (excluding diaryl/α,β-unsaturated/α-hetero) is 1. The molecule has 0 aliphatic heterocycles. The summed E-state index contributed by atoms with van der Waals surface area (Å²) in [5.74, 6) is 3.34. The maximum absolute atomic E-state index is 14.5. The van der Waals surface area contributed by atoms with Crippen LogP contribution in [-0.4, -0.2) is 61.0 Å². The van der Waals surface area contributed by atoms with E-state index >= 15 is 0 Å². The maximum Gasteiger partial charge on any atom is 0.195 e. The minimum Gasteiger partial charge on any atom is -0.383 e. The molecule has 2 aromatic rings. The van der Waals surface area contributed by atoms with Gasteiger partial charge in [0.25, 0.3) is 0 Å². The lowest BCUT2D eigenvalue weighted by Gasteiger charge is -2.14. The van der Waals surface area contributed by atoms with E-state index in [1.165, 1.54) is 24.4 Å². The molecule has 7 heteroatoms. The zero-order valence-electron chi connectivity index (χ0n) is 17.8. The Bertz CT molecular complexity index is 1180. The molecule has 158 valence electrons. The second kappa shape index (κ2) is 9.02. The first-order valence-corrected chi connectivity index (χ1v) is 9.51. The second-order valence-electron chi connectivity index (χ2n) is 7.57. The van der Waals surface area contributed by atoms with Gasteiger partial charge in [0, 0.05) is 54.3 Å². The smallest absolute Gasteiger partial charge is 0.195 e. The third-order valence-electron chi connectivity index (χ3n) is 4.47. The highest BCUT2D eigenvalue weighted by Gasteiger charge is 2.29. The van der Waals surface area contributed by atoms with Crippen LogP contribution in [0, 0.1) is 28.9 Å². The van der Waals surface area contributed by atoms with Crippen molar-refractivity contribution in [3.63, 3.8) is 0 Å². The number of benzene rings is 1. The highest BCUT2D eigenvalue weighted by Crippen LogP contribution is 2.33. The second-order valence-corrected chi connectivity index (χ2v) is 7.57. The molecule has 1 aromatic carbocycles. The van der Waals surface area contributed by atoms with Gasteiger partial charge in [-0.25, -0.2) is 8.78 Å². The first-order valence-electron chi connectivity index (χ1n) is 9.51. The molecule has 0 saturated heterocycles. The summed E-state index contributed by atoms with van der Waals surface area (Å²) in [6.45, 7) is 0.559. The lowest BCUT2D eigenvalue weighted by molar-refractivity contribution is -0.108. The van der Waals surface area contributed by atoms with Crippen LogP contribution < -0.4 is 0 Å². The molecule has 0 saturated carbocycles. The summed E-state index contributed by atoms with van der Waals surface area (Å²) < 4.78 is 28.4. The summed E-state index contributed by atoms with van der Waals surface area (Å²) in [5, 5.41) is 8.18. The number of allylic oxidation sites excluding steroid dienone is 3. The fourth-order valence-corrected chi connectivity index (χ4v) is 3.10. The molecule has 1 aromatic heterocycles. The Morgan fingerprint density at radius 1 is 1.23 bits per heavy atom. The van der Waals surface area contributed by atoms with Crippen molar-refractivity contribution in [1.82, 2.24) is 14.8 Å². The minimum atomic E-state index is -1.10. The number of hydrogen-bond donors (Lipinski definition) is 1. The number of pyridine rings is 1. The molecule has 0 fully saturated rings. The molecule has 0 atom stereocenters. The number of halogens is 2. The van der Waals surface area contributed by atoms with E-state index in [-0.39, 0.29) is 22.4 Å². The number of rotatable bonds is 5. The Balaban J connectivity index is 2.07. The SMILES string of the molecule is CN(C)/C=C(\C(=O)C1=CC(=N)c2ncc(C#CCN(C)C)cc21)c1cccc(F)c1F. The van der Waals surface area contributed by atoms with Crippen LogP contribution in [0.5, 0.6) is 0 Å². The van der Waals surface area contributed by atoms with Crippen LogP contribution in [0.25, 0.3) is 11.1 Å². The van der Waals surface area contributed by atoms with E-state index < -0.39 is 17.4 Å². The van der Waals surface area contributed by atoms with E-state index in [0.29, 0.717) is 23.4 Å². The van der Waals surface area contributed by atoms with Gasteiger partial charge in [-0.15, -0.1) is 0 Å². The quantitative estimate of drug-likeness (QED) is 0.596. The number of nitrogens with one attached hydrogen (secondary N) is 1. The van der Waals surface area contributed by atoms with Crippen molar-refractivity contribution in [3.05, 3.63) is 76.8 Å². The van der Waals surface area contributed by atoms with Crippen molar-refractivity contribution in [2.45, 2.75) is 0 Å². The van der Waals surface area contributed by atoms with Crippen LogP contribution in [0.4, 0.5) is 8.78 Å². The third-order valence-corrected chi connectivity index (χ3v) is 4.47. The van der Waals surface area contributed by atoms with E-state index in [1.54, 1.807) is 31.3 Å². The fraction of sp³-hybridized carbons (Fsp3) is 0.208. The Morgan fingerprint density at radius 2 is 1.97 bits per heavy atom. The largest absolute Gasteiger partial charge is 0.383 e. The van der Waals surface area contributed by atoms with Gasteiger partial charge >= 0.3 is 0 Å². The van der Waals surface area contributed by atoms with Crippen molar-refractivity contribution in [2.24, 2.45) is 0 Å². The first kappa shape index (κ1) is 22.1. The van der Waals surface area contributed by atoms with Gasteiger partial charge in [0.2, 0.25) is 0 Å². The predicted octanol–water partition coefficient (Wildman–Crippen LogP) is 3.21. The zero-order valence-corrected chi connectivity index (χ0v) is 17.8. The van der Waals surface area contributed by atoms with Crippen molar-refractivity contribution < 1.29 is 13.6 Å². The van der Waals surface area contributed by atoms with Crippen LogP contribution in [0.1, 0.15) is 22.4 Å². The highest BCUT2D eigenvalue weighted by atomic mass is 19.2. The molecule has 3 rings (SSSR count). The Labute approximate surface area is 180 Å². The standard InChI is InChI=1S/C24H22F2N4O/c1-29(2)10-6-7-15-11-17-18(12-21(27)23(17)28-13-15)24(31)19(14-30(3)4)16-8-5-9-20(25)22(16)26/h5,8-9,11-14,27H,10H2,1-4H3/b19-14-,27-21?. The van der Waals surface area contributed by atoms with Gasteiger partial charge in [-0.1, -0.05) is 24.0 Å². The Morgan fingerprint density at radius 3 is 2.65 bits per heavy atom. The molecular formula is C24H22F2N4O. The van der Waals surface area contributed by atoms with Crippen LogP contribution in [0.15, 0.2) is 42.7 Å². The molecule has 1 N–H and O–H groups in total. The predicted molar refractivity (Wildman–Crippen MR) is 118 cm³/mol. The van der Waals surface area contributed by atoms with E-state index in [1.807, 2.05) is 19.0 Å². The topological polar surface area (TPSA) is 60.3 Å². The molecule has 1 aliphatic rings. The van der Waals surface area contributed by atoms with Gasteiger partial charge in [-0.2, -0.15) is 0 Å². The third kappa shape index (κ3) is 4.76. The summed E-state index contributed by atoms with van der Waals surface area (Å²) in [6.07, 6.45) is 4.40. The van der Waals surface area contributed by atoms with Crippen molar-refractivity contribution in [1.29, 1.82) is 5.41 Å². The van der Waals surface area contributed by atoms with Crippen molar-refractivity contribution in [2.75, 3.05) is 34.7 Å². The summed E-state index contributed by atoms with van der Waals surface area (Å²) >= 11 is 0. The summed E-state index contributed by atoms with van der Waals surface area (Å²) in [5.41, 5.74) is 1.52. The first-order chi connectivity index (χ1) is 14.7.